The zero-order valence-corrected chi connectivity index (χ0v) is 11.8. The molecular weight excluding hydrogens is 260 g/mol. The van der Waals surface area contributed by atoms with E-state index in [2.05, 4.69) is 5.10 Å². The van der Waals surface area contributed by atoms with Crippen LogP contribution in [0.1, 0.15) is 23.9 Å². The zero-order chi connectivity index (χ0) is 14.0. The van der Waals surface area contributed by atoms with Crippen LogP contribution in [0.5, 0.6) is 0 Å². The zero-order valence-electron chi connectivity index (χ0n) is 11.0. The number of aryl methyl sites for hydroxylation is 2. The standard InChI is InChI=1S/C13H16N4OS/c1-3-17-10(7-9(2)15-17)8-16-6-4-5-11(12(14)19)13(16)18/h4-7H,3,8H2,1-2H3,(H2,14,19). The maximum Gasteiger partial charge on any atom is 0.261 e. The normalized spacial score (nSPS) is 10.6. The molecule has 0 fully saturated rings. The summed E-state index contributed by atoms with van der Waals surface area (Å²) in [5.41, 5.74) is 7.67. The third kappa shape index (κ3) is 2.73. The van der Waals surface area contributed by atoms with E-state index in [4.69, 9.17) is 18.0 Å². The lowest BCUT2D eigenvalue weighted by molar-refractivity contribution is 0.591. The lowest BCUT2D eigenvalue weighted by Crippen LogP contribution is -2.29. The van der Waals surface area contributed by atoms with E-state index in [1.165, 1.54) is 0 Å². The maximum atomic E-state index is 12.2. The molecule has 0 aromatic carbocycles. The fourth-order valence-electron chi connectivity index (χ4n) is 2.02. The van der Waals surface area contributed by atoms with Crippen molar-refractivity contribution in [3.63, 3.8) is 0 Å². The minimum atomic E-state index is -0.170. The van der Waals surface area contributed by atoms with Crippen LogP contribution in [-0.4, -0.2) is 19.3 Å². The number of thiocarbonyl (C=S) groups is 1. The van der Waals surface area contributed by atoms with Gasteiger partial charge in [-0.15, -0.1) is 0 Å². The number of hydrogen-bond donors (Lipinski definition) is 1. The number of hydrogen-bond acceptors (Lipinski definition) is 3. The van der Waals surface area contributed by atoms with Crippen molar-refractivity contribution in [2.45, 2.75) is 26.9 Å². The lowest BCUT2D eigenvalue weighted by atomic mass is 10.2. The molecule has 5 nitrogen and oxygen atoms in total. The first-order chi connectivity index (χ1) is 9.02. The molecule has 2 aromatic rings. The number of pyridine rings is 1. The highest BCUT2D eigenvalue weighted by Crippen LogP contribution is 2.05. The van der Waals surface area contributed by atoms with Crippen molar-refractivity contribution >= 4 is 17.2 Å². The average Bonchev–Trinajstić information content (AvgIpc) is 2.71. The summed E-state index contributed by atoms with van der Waals surface area (Å²) >= 11 is 4.87. The van der Waals surface area contributed by atoms with Gasteiger partial charge in [0.15, 0.2) is 0 Å². The van der Waals surface area contributed by atoms with Crippen molar-refractivity contribution in [1.82, 2.24) is 14.3 Å². The van der Waals surface area contributed by atoms with Gasteiger partial charge in [-0.1, -0.05) is 12.2 Å². The van der Waals surface area contributed by atoms with Crippen molar-refractivity contribution in [3.05, 3.63) is 51.7 Å². The van der Waals surface area contributed by atoms with Gasteiger partial charge in [-0.25, -0.2) is 0 Å². The second-order valence-corrected chi connectivity index (χ2v) is 4.75. The van der Waals surface area contributed by atoms with Crippen LogP contribution < -0.4 is 11.3 Å². The molecule has 0 aliphatic carbocycles. The Labute approximate surface area is 116 Å². The summed E-state index contributed by atoms with van der Waals surface area (Å²) in [5, 5.41) is 4.36. The first-order valence-corrected chi connectivity index (χ1v) is 6.46. The number of aromatic nitrogens is 3. The van der Waals surface area contributed by atoms with Crippen LogP contribution in [0.3, 0.4) is 0 Å². The summed E-state index contributed by atoms with van der Waals surface area (Å²) in [6, 6.07) is 5.39. The predicted octanol–water partition coefficient (Wildman–Crippen LogP) is 1.06. The topological polar surface area (TPSA) is 65.8 Å². The lowest BCUT2D eigenvalue weighted by Gasteiger charge is -2.08. The molecule has 0 saturated carbocycles. The summed E-state index contributed by atoms with van der Waals surface area (Å²) in [4.78, 5) is 12.3. The molecule has 100 valence electrons. The van der Waals surface area contributed by atoms with Gasteiger partial charge in [0.25, 0.3) is 5.56 Å². The summed E-state index contributed by atoms with van der Waals surface area (Å²) in [6.07, 6.45) is 1.73. The van der Waals surface area contributed by atoms with Crippen LogP contribution in [0.15, 0.2) is 29.2 Å². The van der Waals surface area contributed by atoms with Gasteiger partial charge < -0.3 is 10.3 Å². The van der Waals surface area contributed by atoms with Crippen molar-refractivity contribution in [1.29, 1.82) is 0 Å². The van der Waals surface area contributed by atoms with Crippen LogP contribution in [0.4, 0.5) is 0 Å². The third-order valence-electron chi connectivity index (χ3n) is 2.90. The van der Waals surface area contributed by atoms with E-state index in [-0.39, 0.29) is 10.5 Å². The minimum Gasteiger partial charge on any atom is -0.389 e. The SMILES string of the molecule is CCn1nc(C)cc1Cn1cccc(C(N)=S)c1=O. The Kier molecular flexibility index (Phi) is 3.80. The first-order valence-electron chi connectivity index (χ1n) is 6.05. The molecule has 0 bridgehead atoms. The fraction of sp³-hybridized carbons (Fsp3) is 0.308. The van der Waals surface area contributed by atoms with Crippen LogP contribution in [0.25, 0.3) is 0 Å². The second kappa shape index (κ2) is 5.36. The van der Waals surface area contributed by atoms with E-state index in [0.29, 0.717) is 12.1 Å². The van der Waals surface area contributed by atoms with Gasteiger partial charge in [-0.3, -0.25) is 9.48 Å². The fourth-order valence-corrected chi connectivity index (χ4v) is 2.18. The summed E-state index contributed by atoms with van der Waals surface area (Å²) in [6.45, 7) is 5.19. The van der Waals surface area contributed by atoms with Gasteiger partial charge in [-0.05, 0) is 32.0 Å². The molecule has 0 aliphatic rings. The number of nitrogens with two attached hydrogens (primary N) is 1. The van der Waals surface area contributed by atoms with Crippen molar-refractivity contribution < 1.29 is 0 Å². The Hall–Kier alpha value is -1.95. The molecule has 0 unspecified atom stereocenters. The number of nitrogens with zero attached hydrogens (tertiary/aromatic N) is 3. The van der Waals surface area contributed by atoms with Gasteiger partial charge in [-0.2, -0.15) is 5.10 Å². The molecule has 2 N–H and O–H groups in total. The van der Waals surface area contributed by atoms with Crippen molar-refractivity contribution in [3.8, 4) is 0 Å². The van der Waals surface area contributed by atoms with Gasteiger partial charge in [0.05, 0.1) is 23.5 Å². The predicted molar refractivity (Wildman–Crippen MR) is 78.3 cm³/mol. The first kappa shape index (κ1) is 13.5. The van der Waals surface area contributed by atoms with Crippen LogP contribution in [0, 0.1) is 6.92 Å². The maximum absolute atomic E-state index is 12.2. The average molecular weight is 276 g/mol. The molecular formula is C13H16N4OS. The monoisotopic (exact) mass is 276 g/mol. The molecule has 6 heteroatoms. The smallest absolute Gasteiger partial charge is 0.261 e. The summed E-state index contributed by atoms with van der Waals surface area (Å²) in [7, 11) is 0. The molecule has 0 spiro atoms. The number of rotatable bonds is 4. The van der Waals surface area contributed by atoms with E-state index in [0.717, 1.165) is 17.9 Å². The Morgan fingerprint density at radius 2 is 2.26 bits per heavy atom. The van der Waals surface area contributed by atoms with E-state index in [1.54, 1.807) is 22.9 Å². The Morgan fingerprint density at radius 3 is 2.89 bits per heavy atom. The highest BCUT2D eigenvalue weighted by molar-refractivity contribution is 7.80. The molecule has 0 aliphatic heterocycles. The van der Waals surface area contributed by atoms with E-state index >= 15 is 0 Å². The van der Waals surface area contributed by atoms with Crippen molar-refractivity contribution in [2.24, 2.45) is 5.73 Å². The van der Waals surface area contributed by atoms with E-state index < -0.39 is 0 Å². The molecule has 2 heterocycles. The van der Waals surface area contributed by atoms with Gasteiger partial charge in [0, 0.05) is 12.7 Å². The molecule has 2 rings (SSSR count). The van der Waals surface area contributed by atoms with Crippen LogP contribution in [0.2, 0.25) is 0 Å². The van der Waals surface area contributed by atoms with Gasteiger partial charge in [0.2, 0.25) is 0 Å². The Morgan fingerprint density at radius 1 is 1.53 bits per heavy atom. The van der Waals surface area contributed by atoms with Gasteiger partial charge in [0.1, 0.15) is 4.99 Å². The largest absolute Gasteiger partial charge is 0.389 e. The van der Waals surface area contributed by atoms with E-state index in [1.807, 2.05) is 24.6 Å². The molecule has 0 amide bonds. The second-order valence-electron chi connectivity index (χ2n) is 4.31. The molecule has 2 aromatic heterocycles. The highest BCUT2D eigenvalue weighted by Gasteiger charge is 2.09. The summed E-state index contributed by atoms with van der Waals surface area (Å²) in [5.74, 6) is 0. The molecule has 0 atom stereocenters. The highest BCUT2D eigenvalue weighted by atomic mass is 32.1. The Balaban J connectivity index is 2.41. The van der Waals surface area contributed by atoms with Crippen molar-refractivity contribution in [2.75, 3.05) is 0 Å². The van der Waals surface area contributed by atoms with Gasteiger partial charge >= 0.3 is 0 Å². The van der Waals surface area contributed by atoms with Crippen LogP contribution in [-0.2, 0) is 13.1 Å². The summed E-state index contributed by atoms with van der Waals surface area (Å²) < 4.78 is 3.48. The van der Waals surface area contributed by atoms with Crippen LogP contribution >= 0.6 is 12.2 Å². The quantitative estimate of drug-likeness (QED) is 0.848. The third-order valence-corrected chi connectivity index (χ3v) is 3.12. The minimum absolute atomic E-state index is 0.125. The molecule has 0 saturated heterocycles. The Bertz CT molecular complexity index is 672. The van der Waals surface area contributed by atoms with E-state index in [9.17, 15) is 4.79 Å². The molecule has 19 heavy (non-hydrogen) atoms. The molecule has 0 radical (unpaired) electrons.